The van der Waals surface area contributed by atoms with Crippen molar-refractivity contribution in [3.63, 3.8) is 0 Å². The molecular formula is C15H17NO2. The summed E-state index contributed by atoms with van der Waals surface area (Å²) in [5, 5.41) is 2.27. The van der Waals surface area contributed by atoms with Gasteiger partial charge in [-0.1, -0.05) is 0 Å². The summed E-state index contributed by atoms with van der Waals surface area (Å²) in [6, 6.07) is 6.19. The van der Waals surface area contributed by atoms with E-state index in [2.05, 4.69) is 18.2 Å². The molecule has 0 aliphatic heterocycles. The Morgan fingerprint density at radius 1 is 1.06 bits per heavy atom. The summed E-state index contributed by atoms with van der Waals surface area (Å²) >= 11 is 0. The van der Waals surface area contributed by atoms with E-state index in [1.54, 1.807) is 0 Å². The summed E-state index contributed by atoms with van der Waals surface area (Å²) in [7, 11) is 0. The van der Waals surface area contributed by atoms with Gasteiger partial charge in [-0.25, -0.2) is 0 Å². The van der Waals surface area contributed by atoms with Crippen LogP contribution in [-0.4, -0.2) is 6.54 Å². The van der Waals surface area contributed by atoms with Crippen LogP contribution in [0.3, 0.4) is 0 Å². The van der Waals surface area contributed by atoms with Crippen LogP contribution in [0.25, 0.3) is 21.9 Å². The molecular weight excluding hydrogens is 226 g/mol. The maximum absolute atomic E-state index is 5.83. The summed E-state index contributed by atoms with van der Waals surface area (Å²) in [5.74, 6) is 1.87. The van der Waals surface area contributed by atoms with Gasteiger partial charge < -0.3 is 14.6 Å². The summed E-state index contributed by atoms with van der Waals surface area (Å²) < 4.78 is 11.6. The predicted molar refractivity (Wildman–Crippen MR) is 72.8 cm³/mol. The van der Waals surface area contributed by atoms with Gasteiger partial charge in [0.2, 0.25) is 0 Å². The fraction of sp³-hybridized carbons (Fsp3) is 0.333. The molecule has 0 fully saturated rings. The molecule has 2 aromatic heterocycles. The summed E-state index contributed by atoms with van der Waals surface area (Å²) in [6.45, 7) is 4.63. The van der Waals surface area contributed by atoms with Crippen molar-refractivity contribution in [3.8, 4) is 0 Å². The summed E-state index contributed by atoms with van der Waals surface area (Å²) in [4.78, 5) is 0. The molecule has 0 saturated heterocycles. The Balaban J connectivity index is 2.32. The van der Waals surface area contributed by atoms with Crippen molar-refractivity contribution in [2.24, 2.45) is 5.73 Å². The maximum atomic E-state index is 5.83. The molecule has 2 N–H and O–H groups in total. The average Bonchev–Trinajstić information content (AvgIpc) is 2.85. The summed E-state index contributed by atoms with van der Waals surface area (Å²) in [6.07, 6.45) is 1.88. The van der Waals surface area contributed by atoms with Crippen molar-refractivity contribution in [2.45, 2.75) is 26.7 Å². The number of hydrogen-bond acceptors (Lipinski definition) is 3. The monoisotopic (exact) mass is 243 g/mol. The zero-order valence-corrected chi connectivity index (χ0v) is 10.7. The molecule has 3 rings (SSSR count). The van der Waals surface area contributed by atoms with Crippen LogP contribution in [0.4, 0.5) is 0 Å². The van der Waals surface area contributed by atoms with Gasteiger partial charge in [0.15, 0.2) is 0 Å². The Morgan fingerprint density at radius 3 is 2.61 bits per heavy atom. The standard InChI is InChI=1S/C15H17NO2/c1-9-6-11-8-14-13(7-10(2)17-14)12(4-3-5-16)15(11)18-9/h6-8H,3-5,16H2,1-2H3. The van der Waals surface area contributed by atoms with Crippen LogP contribution in [0.15, 0.2) is 27.0 Å². The van der Waals surface area contributed by atoms with E-state index in [0.29, 0.717) is 6.54 Å². The number of furan rings is 2. The van der Waals surface area contributed by atoms with Crippen molar-refractivity contribution < 1.29 is 8.83 Å². The molecule has 94 valence electrons. The second-order valence-electron chi connectivity index (χ2n) is 4.79. The number of aryl methyl sites for hydroxylation is 3. The Bertz CT molecular complexity index is 651. The van der Waals surface area contributed by atoms with E-state index in [1.807, 2.05) is 13.8 Å². The van der Waals surface area contributed by atoms with E-state index in [1.165, 1.54) is 5.56 Å². The second kappa shape index (κ2) is 4.18. The highest BCUT2D eigenvalue weighted by molar-refractivity contribution is 5.98. The average molecular weight is 243 g/mol. The van der Waals surface area contributed by atoms with Gasteiger partial charge in [-0.2, -0.15) is 0 Å². The van der Waals surface area contributed by atoms with Gasteiger partial charge in [0.25, 0.3) is 0 Å². The fourth-order valence-corrected chi connectivity index (χ4v) is 2.54. The molecule has 0 spiro atoms. The molecule has 0 bridgehead atoms. The first-order valence-electron chi connectivity index (χ1n) is 6.31. The highest BCUT2D eigenvalue weighted by atomic mass is 16.3. The quantitative estimate of drug-likeness (QED) is 0.763. The lowest BCUT2D eigenvalue weighted by Gasteiger charge is -2.03. The van der Waals surface area contributed by atoms with Gasteiger partial charge in [-0.15, -0.1) is 0 Å². The van der Waals surface area contributed by atoms with Gasteiger partial charge in [-0.05, 0) is 51.4 Å². The predicted octanol–water partition coefficient (Wildman–Crippen LogP) is 3.69. The van der Waals surface area contributed by atoms with Crippen molar-refractivity contribution in [1.29, 1.82) is 0 Å². The van der Waals surface area contributed by atoms with Crippen LogP contribution in [0.2, 0.25) is 0 Å². The van der Waals surface area contributed by atoms with E-state index < -0.39 is 0 Å². The molecule has 0 radical (unpaired) electrons. The normalized spacial score (nSPS) is 11.7. The molecule has 0 aliphatic rings. The molecule has 3 heteroatoms. The van der Waals surface area contributed by atoms with Gasteiger partial charge in [0, 0.05) is 16.3 Å². The molecule has 0 unspecified atom stereocenters. The Labute approximate surface area is 106 Å². The van der Waals surface area contributed by atoms with Gasteiger partial charge >= 0.3 is 0 Å². The first-order valence-corrected chi connectivity index (χ1v) is 6.31. The van der Waals surface area contributed by atoms with Crippen molar-refractivity contribution >= 4 is 21.9 Å². The van der Waals surface area contributed by atoms with Crippen LogP contribution in [-0.2, 0) is 6.42 Å². The highest BCUT2D eigenvalue weighted by Crippen LogP contribution is 2.33. The van der Waals surface area contributed by atoms with E-state index in [9.17, 15) is 0 Å². The van der Waals surface area contributed by atoms with Crippen LogP contribution in [0, 0.1) is 13.8 Å². The molecule has 1 aromatic carbocycles. The zero-order valence-electron chi connectivity index (χ0n) is 10.7. The number of nitrogens with two attached hydrogens (primary N) is 1. The fourth-order valence-electron chi connectivity index (χ4n) is 2.54. The minimum Gasteiger partial charge on any atom is -0.461 e. The molecule has 3 aromatic rings. The van der Waals surface area contributed by atoms with Crippen LogP contribution >= 0.6 is 0 Å². The third kappa shape index (κ3) is 1.71. The van der Waals surface area contributed by atoms with Crippen LogP contribution in [0.5, 0.6) is 0 Å². The maximum Gasteiger partial charge on any atom is 0.138 e. The molecule has 2 heterocycles. The van der Waals surface area contributed by atoms with Crippen LogP contribution in [0.1, 0.15) is 23.5 Å². The van der Waals surface area contributed by atoms with Crippen molar-refractivity contribution in [2.75, 3.05) is 6.54 Å². The smallest absolute Gasteiger partial charge is 0.138 e. The number of benzene rings is 1. The van der Waals surface area contributed by atoms with Crippen molar-refractivity contribution in [1.82, 2.24) is 0 Å². The first-order chi connectivity index (χ1) is 8.69. The third-order valence-corrected chi connectivity index (χ3v) is 3.28. The van der Waals surface area contributed by atoms with E-state index in [4.69, 9.17) is 14.6 Å². The lowest BCUT2D eigenvalue weighted by Crippen LogP contribution is -2.00. The first kappa shape index (κ1) is 11.4. The van der Waals surface area contributed by atoms with E-state index >= 15 is 0 Å². The third-order valence-electron chi connectivity index (χ3n) is 3.28. The second-order valence-corrected chi connectivity index (χ2v) is 4.79. The lowest BCUT2D eigenvalue weighted by atomic mass is 10.0. The van der Waals surface area contributed by atoms with Gasteiger partial charge in [0.05, 0.1) is 0 Å². The Morgan fingerprint density at radius 2 is 1.83 bits per heavy atom. The highest BCUT2D eigenvalue weighted by Gasteiger charge is 2.14. The van der Waals surface area contributed by atoms with E-state index in [0.717, 1.165) is 46.3 Å². The van der Waals surface area contributed by atoms with E-state index in [-0.39, 0.29) is 0 Å². The minimum absolute atomic E-state index is 0.689. The number of rotatable bonds is 3. The van der Waals surface area contributed by atoms with Gasteiger partial charge in [0.1, 0.15) is 22.7 Å². The molecule has 0 atom stereocenters. The Hall–Kier alpha value is -1.74. The minimum atomic E-state index is 0.689. The summed E-state index contributed by atoms with van der Waals surface area (Å²) in [5.41, 5.74) is 8.76. The molecule has 0 saturated carbocycles. The molecule has 3 nitrogen and oxygen atoms in total. The van der Waals surface area contributed by atoms with Crippen molar-refractivity contribution in [3.05, 3.63) is 35.3 Å². The van der Waals surface area contributed by atoms with Gasteiger partial charge in [-0.3, -0.25) is 0 Å². The molecule has 0 amide bonds. The molecule has 0 aliphatic carbocycles. The largest absolute Gasteiger partial charge is 0.461 e. The zero-order chi connectivity index (χ0) is 12.7. The lowest BCUT2D eigenvalue weighted by molar-refractivity contribution is 0.572. The van der Waals surface area contributed by atoms with Crippen LogP contribution < -0.4 is 5.73 Å². The number of fused-ring (bicyclic) bond motifs is 2. The topological polar surface area (TPSA) is 52.3 Å². The number of hydrogen-bond donors (Lipinski definition) is 1. The SMILES string of the molecule is Cc1cc2c(CCCN)c3oc(C)cc3cc2o1. The molecule has 18 heavy (non-hydrogen) atoms. The Kier molecular flexibility index (Phi) is 2.63.